The second-order valence-electron chi connectivity index (χ2n) is 7.06. The molecule has 1 aromatic heterocycles. The zero-order valence-corrected chi connectivity index (χ0v) is 15.7. The number of hydrogen-bond donors (Lipinski definition) is 1. The van der Waals surface area contributed by atoms with Gasteiger partial charge in [-0.2, -0.15) is 0 Å². The van der Waals surface area contributed by atoms with Crippen LogP contribution in [0.2, 0.25) is 0 Å². The van der Waals surface area contributed by atoms with Crippen molar-refractivity contribution in [3.8, 4) is 11.5 Å². The fraction of sp³-hybridized carbons (Fsp3) is 0.318. The Kier molecular flexibility index (Phi) is 4.75. The molecule has 1 N–H and O–H groups in total. The fourth-order valence-electron chi connectivity index (χ4n) is 3.87. The van der Waals surface area contributed by atoms with Gasteiger partial charge in [-0.25, -0.2) is 0 Å². The van der Waals surface area contributed by atoms with Crippen molar-refractivity contribution in [1.82, 2.24) is 9.88 Å². The molecule has 1 saturated heterocycles. The van der Waals surface area contributed by atoms with Crippen molar-refractivity contribution in [3.63, 3.8) is 0 Å². The van der Waals surface area contributed by atoms with E-state index in [1.165, 1.54) is 5.56 Å². The quantitative estimate of drug-likeness (QED) is 0.747. The van der Waals surface area contributed by atoms with Crippen molar-refractivity contribution in [2.75, 3.05) is 27.3 Å². The number of carbonyl (C=O) groups is 1. The fourth-order valence-corrected chi connectivity index (χ4v) is 3.87. The molecule has 0 bridgehead atoms. The van der Waals surface area contributed by atoms with Gasteiger partial charge in [0.2, 0.25) is 0 Å². The second-order valence-corrected chi connectivity index (χ2v) is 7.06. The Hall–Kier alpha value is -2.95. The summed E-state index contributed by atoms with van der Waals surface area (Å²) in [5.41, 5.74) is 2.83. The largest absolute Gasteiger partial charge is 0.497 e. The van der Waals surface area contributed by atoms with Crippen molar-refractivity contribution in [1.29, 1.82) is 0 Å². The third-order valence-electron chi connectivity index (χ3n) is 5.33. The lowest BCUT2D eigenvalue weighted by Crippen LogP contribution is -2.29. The lowest BCUT2D eigenvalue weighted by molar-refractivity contribution is 0.0782. The number of hydrogen-bond acceptors (Lipinski definition) is 3. The molecule has 1 fully saturated rings. The van der Waals surface area contributed by atoms with Crippen LogP contribution in [0.1, 0.15) is 22.5 Å². The summed E-state index contributed by atoms with van der Waals surface area (Å²) in [6, 6.07) is 15.9. The Morgan fingerprint density at radius 3 is 2.70 bits per heavy atom. The first-order valence-electron chi connectivity index (χ1n) is 9.26. The van der Waals surface area contributed by atoms with Gasteiger partial charge in [0, 0.05) is 24.0 Å². The van der Waals surface area contributed by atoms with E-state index >= 15 is 0 Å². The highest BCUT2D eigenvalue weighted by Gasteiger charge is 2.28. The van der Waals surface area contributed by atoms with Gasteiger partial charge < -0.3 is 19.4 Å². The van der Waals surface area contributed by atoms with E-state index in [-0.39, 0.29) is 5.91 Å². The summed E-state index contributed by atoms with van der Waals surface area (Å²) in [7, 11) is 3.32. The first-order chi connectivity index (χ1) is 13.2. The average Bonchev–Trinajstić information content (AvgIpc) is 3.34. The minimum atomic E-state index is 0.0606. The molecule has 5 nitrogen and oxygen atoms in total. The molecule has 5 heteroatoms. The summed E-state index contributed by atoms with van der Waals surface area (Å²) in [5.74, 6) is 2.20. The van der Waals surface area contributed by atoms with Gasteiger partial charge in [-0.15, -0.1) is 0 Å². The number of methoxy groups -OCH3 is 2. The highest BCUT2D eigenvalue weighted by Crippen LogP contribution is 2.28. The van der Waals surface area contributed by atoms with Gasteiger partial charge in [-0.3, -0.25) is 4.79 Å². The molecule has 1 atom stereocenters. The van der Waals surface area contributed by atoms with E-state index in [2.05, 4.69) is 17.1 Å². The third-order valence-corrected chi connectivity index (χ3v) is 5.33. The van der Waals surface area contributed by atoms with Crippen LogP contribution in [-0.2, 0) is 6.42 Å². The summed E-state index contributed by atoms with van der Waals surface area (Å²) in [6.07, 6.45) is 2.01. The SMILES string of the molecule is COc1ccc(CC2CCN(C(=O)c3cc4c(OC)cccc4[nH]3)C2)cc1. The van der Waals surface area contributed by atoms with E-state index in [0.717, 1.165) is 48.3 Å². The predicted octanol–water partition coefficient (Wildman–Crippen LogP) is 3.89. The average molecular weight is 364 g/mol. The third kappa shape index (κ3) is 3.50. The summed E-state index contributed by atoms with van der Waals surface area (Å²) in [6.45, 7) is 1.59. The van der Waals surface area contributed by atoms with Gasteiger partial charge in [-0.1, -0.05) is 18.2 Å². The van der Waals surface area contributed by atoms with Crippen LogP contribution in [-0.4, -0.2) is 43.1 Å². The molecule has 27 heavy (non-hydrogen) atoms. The van der Waals surface area contributed by atoms with Gasteiger partial charge >= 0.3 is 0 Å². The van der Waals surface area contributed by atoms with Crippen molar-refractivity contribution in [2.24, 2.45) is 5.92 Å². The van der Waals surface area contributed by atoms with Crippen LogP contribution in [0.3, 0.4) is 0 Å². The Labute approximate surface area is 158 Å². The molecule has 2 aromatic carbocycles. The van der Waals surface area contributed by atoms with Crippen molar-refractivity contribution < 1.29 is 14.3 Å². The monoisotopic (exact) mass is 364 g/mol. The Bertz CT molecular complexity index is 946. The molecule has 1 aliphatic heterocycles. The van der Waals surface area contributed by atoms with E-state index in [1.807, 2.05) is 41.3 Å². The summed E-state index contributed by atoms with van der Waals surface area (Å²) in [4.78, 5) is 18.1. The predicted molar refractivity (Wildman–Crippen MR) is 106 cm³/mol. The molecule has 4 rings (SSSR count). The van der Waals surface area contributed by atoms with E-state index in [0.29, 0.717) is 11.6 Å². The highest BCUT2D eigenvalue weighted by molar-refractivity contribution is 5.99. The number of ether oxygens (including phenoxy) is 2. The summed E-state index contributed by atoms with van der Waals surface area (Å²) < 4.78 is 10.6. The molecular formula is C22H24N2O3. The molecule has 0 aliphatic carbocycles. The van der Waals surface area contributed by atoms with Gasteiger partial charge in [0.05, 0.1) is 14.2 Å². The van der Waals surface area contributed by atoms with Gasteiger partial charge in [0.1, 0.15) is 17.2 Å². The van der Waals surface area contributed by atoms with Crippen molar-refractivity contribution >= 4 is 16.8 Å². The minimum absolute atomic E-state index is 0.0606. The number of nitrogens with one attached hydrogen (secondary N) is 1. The highest BCUT2D eigenvalue weighted by atomic mass is 16.5. The van der Waals surface area contributed by atoms with Crippen LogP contribution in [0.15, 0.2) is 48.5 Å². The first kappa shape index (κ1) is 17.5. The molecule has 3 aromatic rings. The molecule has 1 unspecified atom stereocenters. The molecule has 140 valence electrons. The first-order valence-corrected chi connectivity index (χ1v) is 9.26. The zero-order valence-electron chi connectivity index (χ0n) is 15.7. The van der Waals surface area contributed by atoms with E-state index < -0.39 is 0 Å². The van der Waals surface area contributed by atoms with Crippen LogP contribution in [0.5, 0.6) is 11.5 Å². The number of amides is 1. The van der Waals surface area contributed by atoms with Crippen LogP contribution >= 0.6 is 0 Å². The number of carbonyl (C=O) groups excluding carboxylic acids is 1. The van der Waals surface area contributed by atoms with Gasteiger partial charge in [-0.05, 0) is 54.7 Å². The lowest BCUT2D eigenvalue weighted by Gasteiger charge is -2.16. The lowest BCUT2D eigenvalue weighted by atomic mass is 9.99. The van der Waals surface area contributed by atoms with E-state index in [9.17, 15) is 4.79 Å². The number of H-pyrrole nitrogens is 1. The number of benzene rings is 2. The number of rotatable bonds is 5. The van der Waals surface area contributed by atoms with Crippen LogP contribution in [0.25, 0.3) is 10.9 Å². The molecule has 2 heterocycles. The topological polar surface area (TPSA) is 54.6 Å². The maximum atomic E-state index is 12.9. The number of nitrogens with zero attached hydrogens (tertiary/aromatic N) is 1. The van der Waals surface area contributed by atoms with Gasteiger partial charge in [0.25, 0.3) is 5.91 Å². The zero-order chi connectivity index (χ0) is 18.8. The van der Waals surface area contributed by atoms with Gasteiger partial charge in [0.15, 0.2) is 0 Å². The standard InChI is InChI=1S/C22H24N2O3/c1-26-17-8-6-15(7-9-17)12-16-10-11-24(14-16)22(25)20-13-18-19(23-20)4-3-5-21(18)27-2/h3-9,13,16,23H,10-12,14H2,1-2H3. The summed E-state index contributed by atoms with van der Waals surface area (Å²) >= 11 is 0. The van der Waals surface area contributed by atoms with Crippen LogP contribution < -0.4 is 9.47 Å². The molecular weight excluding hydrogens is 340 g/mol. The second kappa shape index (κ2) is 7.35. The van der Waals surface area contributed by atoms with Crippen molar-refractivity contribution in [2.45, 2.75) is 12.8 Å². The van der Waals surface area contributed by atoms with E-state index in [1.54, 1.807) is 14.2 Å². The summed E-state index contributed by atoms with van der Waals surface area (Å²) in [5, 5.41) is 0.942. The maximum Gasteiger partial charge on any atom is 0.270 e. The number of likely N-dealkylation sites (tertiary alicyclic amines) is 1. The molecule has 0 radical (unpaired) electrons. The number of aromatic amines is 1. The van der Waals surface area contributed by atoms with Crippen molar-refractivity contribution in [3.05, 3.63) is 59.8 Å². The normalized spacial score (nSPS) is 16.7. The molecule has 0 saturated carbocycles. The van der Waals surface area contributed by atoms with Crippen LogP contribution in [0.4, 0.5) is 0 Å². The smallest absolute Gasteiger partial charge is 0.270 e. The molecule has 1 amide bonds. The minimum Gasteiger partial charge on any atom is -0.497 e. The Morgan fingerprint density at radius 1 is 1.15 bits per heavy atom. The Morgan fingerprint density at radius 2 is 1.96 bits per heavy atom. The number of aromatic nitrogens is 1. The van der Waals surface area contributed by atoms with Crippen LogP contribution in [0, 0.1) is 5.92 Å². The molecule has 1 aliphatic rings. The molecule has 0 spiro atoms. The maximum absolute atomic E-state index is 12.9. The van der Waals surface area contributed by atoms with E-state index in [4.69, 9.17) is 9.47 Å². The Balaban J connectivity index is 1.44. The number of fused-ring (bicyclic) bond motifs is 1.